The molecule has 0 heterocycles. The van der Waals surface area contributed by atoms with Crippen LogP contribution >= 0.6 is 0 Å². The Morgan fingerprint density at radius 3 is 2.40 bits per heavy atom. The second kappa shape index (κ2) is 5.79. The highest BCUT2D eigenvalue weighted by Gasteiger charge is 2.12. The topological polar surface area (TPSA) is 82.2 Å². The molecule has 0 aliphatic heterocycles. The third-order valence-electron chi connectivity index (χ3n) is 2.65. The molecule has 0 bridgehead atoms. The fourth-order valence-corrected chi connectivity index (χ4v) is 1.57. The van der Waals surface area contributed by atoms with Gasteiger partial charge in [-0.2, -0.15) is 5.11 Å². The standard InChI is InChI=1S/C15H12N2O3/c1-2-10-6-8-11(9-7-10)16-17-13-5-3-4-12(14(13)18)15(19)20/h2-9,18H,1H2,(H,19,20)/b17-16+. The number of carboxylic acids is 1. The molecule has 2 aromatic rings. The second-order valence-electron chi connectivity index (χ2n) is 3.97. The molecule has 5 heteroatoms. The van der Waals surface area contributed by atoms with Crippen LogP contribution in [-0.2, 0) is 0 Å². The van der Waals surface area contributed by atoms with Crippen LogP contribution in [0.15, 0.2) is 59.3 Å². The number of azo groups is 1. The summed E-state index contributed by atoms with van der Waals surface area (Å²) in [6, 6.07) is 11.4. The molecule has 0 spiro atoms. The van der Waals surface area contributed by atoms with Crippen molar-refractivity contribution in [2.24, 2.45) is 10.2 Å². The maximum absolute atomic E-state index is 10.9. The third-order valence-corrected chi connectivity index (χ3v) is 2.65. The molecule has 0 atom stereocenters. The molecule has 0 saturated carbocycles. The van der Waals surface area contributed by atoms with E-state index < -0.39 is 11.7 Å². The molecule has 5 nitrogen and oxygen atoms in total. The van der Waals surface area contributed by atoms with Crippen LogP contribution in [0.1, 0.15) is 15.9 Å². The average molecular weight is 268 g/mol. The number of phenols is 1. The highest BCUT2D eigenvalue weighted by molar-refractivity contribution is 5.92. The average Bonchev–Trinajstić information content (AvgIpc) is 2.46. The third kappa shape index (κ3) is 2.89. The summed E-state index contributed by atoms with van der Waals surface area (Å²) in [5.41, 5.74) is 1.46. The molecule has 2 aromatic carbocycles. The Morgan fingerprint density at radius 1 is 1.10 bits per heavy atom. The molecule has 0 radical (unpaired) electrons. The number of aromatic carboxylic acids is 1. The van der Waals surface area contributed by atoms with Crippen molar-refractivity contribution in [2.45, 2.75) is 0 Å². The van der Waals surface area contributed by atoms with E-state index in [-0.39, 0.29) is 11.3 Å². The fraction of sp³-hybridized carbons (Fsp3) is 0. The zero-order valence-electron chi connectivity index (χ0n) is 10.5. The van der Waals surface area contributed by atoms with Crippen molar-refractivity contribution in [3.05, 3.63) is 60.2 Å². The maximum atomic E-state index is 10.9. The monoisotopic (exact) mass is 268 g/mol. The van der Waals surface area contributed by atoms with E-state index in [4.69, 9.17) is 5.11 Å². The minimum absolute atomic E-state index is 0.109. The van der Waals surface area contributed by atoms with E-state index >= 15 is 0 Å². The van der Waals surface area contributed by atoms with Crippen LogP contribution in [0.5, 0.6) is 5.75 Å². The van der Waals surface area contributed by atoms with Crippen molar-refractivity contribution in [3.63, 3.8) is 0 Å². The highest BCUT2D eigenvalue weighted by Crippen LogP contribution is 2.31. The van der Waals surface area contributed by atoms with Gasteiger partial charge in [0.15, 0.2) is 5.75 Å². The Balaban J connectivity index is 2.29. The van der Waals surface area contributed by atoms with Crippen LogP contribution in [0.4, 0.5) is 11.4 Å². The van der Waals surface area contributed by atoms with Gasteiger partial charge in [0, 0.05) is 0 Å². The lowest BCUT2D eigenvalue weighted by Gasteiger charge is -2.01. The van der Waals surface area contributed by atoms with Gasteiger partial charge in [0.1, 0.15) is 11.3 Å². The molecule has 0 unspecified atom stereocenters. The van der Waals surface area contributed by atoms with E-state index in [9.17, 15) is 9.90 Å². The first-order chi connectivity index (χ1) is 9.61. The number of nitrogens with zero attached hydrogens (tertiary/aromatic N) is 2. The van der Waals surface area contributed by atoms with Gasteiger partial charge < -0.3 is 10.2 Å². The molecule has 100 valence electrons. The van der Waals surface area contributed by atoms with Crippen LogP contribution in [-0.4, -0.2) is 16.2 Å². The summed E-state index contributed by atoms with van der Waals surface area (Å²) in [7, 11) is 0. The Kier molecular flexibility index (Phi) is 3.91. The summed E-state index contributed by atoms with van der Waals surface area (Å²) >= 11 is 0. The van der Waals surface area contributed by atoms with Gasteiger partial charge >= 0.3 is 5.97 Å². The van der Waals surface area contributed by atoms with Gasteiger partial charge in [-0.1, -0.05) is 30.9 Å². The van der Waals surface area contributed by atoms with E-state index in [1.165, 1.54) is 18.2 Å². The maximum Gasteiger partial charge on any atom is 0.339 e. The minimum Gasteiger partial charge on any atom is -0.505 e. The first kappa shape index (κ1) is 13.5. The molecule has 0 aliphatic rings. The quantitative estimate of drug-likeness (QED) is 0.817. The summed E-state index contributed by atoms with van der Waals surface area (Å²) in [5, 5.41) is 26.5. The van der Waals surface area contributed by atoms with Crippen molar-refractivity contribution >= 4 is 23.4 Å². The van der Waals surface area contributed by atoms with Crippen LogP contribution in [0.3, 0.4) is 0 Å². The Labute approximate surface area is 115 Å². The molecule has 0 aliphatic carbocycles. The van der Waals surface area contributed by atoms with Gasteiger partial charge in [-0.25, -0.2) is 4.79 Å². The number of carbonyl (C=O) groups is 1. The fourth-order valence-electron chi connectivity index (χ4n) is 1.57. The molecule has 0 amide bonds. The number of aromatic hydroxyl groups is 1. The summed E-state index contributed by atoms with van der Waals surface area (Å²) in [6.07, 6.45) is 1.71. The zero-order valence-corrected chi connectivity index (χ0v) is 10.5. The number of carboxylic acid groups (broad SMARTS) is 1. The van der Waals surface area contributed by atoms with Crippen molar-refractivity contribution in [3.8, 4) is 5.75 Å². The molecular formula is C15H12N2O3. The van der Waals surface area contributed by atoms with E-state index in [1.807, 2.05) is 12.1 Å². The summed E-state index contributed by atoms with van der Waals surface area (Å²) in [5.74, 6) is -1.61. The molecule has 0 saturated heterocycles. The Hall–Kier alpha value is -2.95. The van der Waals surface area contributed by atoms with Crippen LogP contribution < -0.4 is 0 Å². The molecule has 0 aromatic heterocycles. The van der Waals surface area contributed by atoms with Gasteiger partial charge in [-0.3, -0.25) is 0 Å². The normalized spacial score (nSPS) is 10.6. The van der Waals surface area contributed by atoms with Crippen molar-refractivity contribution in [1.82, 2.24) is 0 Å². The van der Waals surface area contributed by atoms with Gasteiger partial charge in [0.2, 0.25) is 0 Å². The van der Waals surface area contributed by atoms with Gasteiger partial charge in [0.25, 0.3) is 0 Å². The Morgan fingerprint density at radius 2 is 1.80 bits per heavy atom. The van der Waals surface area contributed by atoms with Gasteiger partial charge in [-0.15, -0.1) is 5.11 Å². The van der Waals surface area contributed by atoms with E-state index in [0.29, 0.717) is 5.69 Å². The number of hydrogen-bond donors (Lipinski definition) is 2. The van der Waals surface area contributed by atoms with Crippen LogP contribution in [0, 0.1) is 0 Å². The number of rotatable bonds is 4. The highest BCUT2D eigenvalue weighted by atomic mass is 16.4. The van der Waals surface area contributed by atoms with Crippen molar-refractivity contribution in [2.75, 3.05) is 0 Å². The zero-order chi connectivity index (χ0) is 14.5. The number of para-hydroxylation sites is 1. The first-order valence-electron chi connectivity index (χ1n) is 5.81. The summed E-state index contributed by atoms with van der Waals surface area (Å²) < 4.78 is 0. The summed E-state index contributed by atoms with van der Waals surface area (Å²) in [4.78, 5) is 10.9. The largest absolute Gasteiger partial charge is 0.505 e. The van der Waals surface area contributed by atoms with Crippen LogP contribution in [0.2, 0.25) is 0 Å². The number of hydrogen-bond acceptors (Lipinski definition) is 4. The van der Waals surface area contributed by atoms with E-state index in [1.54, 1.807) is 18.2 Å². The first-order valence-corrected chi connectivity index (χ1v) is 5.81. The van der Waals surface area contributed by atoms with Crippen molar-refractivity contribution < 1.29 is 15.0 Å². The van der Waals surface area contributed by atoms with Gasteiger partial charge in [0.05, 0.1) is 5.69 Å². The van der Waals surface area contributed by atoms with E-state index in [2.05, 4.69) is 16.8 Å². The lowest BCUT2D eigenvalue weighted by atomic mass is 10.2. The SMILES string of the molecule is C=Cc1ccc(/N=N/c2cccc(C(=O)O)c2O)cc1. The predicted octanol–water partition coefficient (Wildman–Crippen LogP) is 4.15. The Bertz CT molecular complexity index is 676. The smallest absolute Gasteiger partial charge is 0.339 e. The van der Waals surface area contributed by atoms with Crippen LogP contribution in [0.25, 0.3) is 6.08 Å². The molecule has 0 fully saturated rings. The predicted molar refractivity (Wildman–Crippen MR) is 75.8 cm³/mol. The lowest BCUT2D eigenvalue weighted by Crippen LogP contribution is -1.95. The molecule has 20 heavy (non-hydrogen) atoms. The minimum atomic E-state index is -1.21. The molecular weight excluding hydrogens is 256 g/mol. The summed E-state index contributed by atoms with van der Waals surface area (Å²) in [6.45, 7) is 3.65. The number of benzene rings is 2. The molecule has 2 rings (SSSR count). The lowest BCUT2D eigenvalue weighted by molar-refractivity contribution is 0.0694. The molecule has 2 N–H and O–H groups in total. The second-order valence-corrected chi connectivity index (χ2v) is 3.97. The van der Waals surface area contributed by atoms with Gasteiger partial charge in [-0.05, 0) is 29.8 Å². The van der Waals surface area contributed by atoms with E-state index in [0.717, 1.165) is 5.56 Å². The van der Waals surface area contributed by atoms with Crippen molar-refractivity contribution in [1.29, 1.82) is 0 Å².